The van der Waals surface area contributed by atoms with Crippen molar-refractivity contribution in [2.75, 3.05) is 0 Å². The summed E-state index contributed by atoms with van der Waals surface area (Å²) in [6, 6.07) is 0.484. The molecule has 0 bridgehead atoms. The number of amides is 1. The van der Waals surface area contributed by atoms with Gasteiger partial charge in [-0.05, 0) is 66.7 Å². The molecule has 3 saturated carbocycles. The third-order valence-electron chi connectivity index (χ3n) is 8.14. The van der Waals surface area contributed by atoms with Gasteiger partial charge in [0, 0.05) is 17.9 Å². The number of rotatable bonds is 5. The first-order valence-electron chi connectivity index (χ1n) is 11.4. The minimum atomic E-state index is -0.493. The highest BCUT2D eigenvalue weighted by Crippen LogP contribution is 2.75. The van der Waals surface area contributed by atoms with E-state index in [2.05, 4.69) is 37.9 Å². The van der Waals surface area contributed by atoms with E-state index in [0.717, 1.165) is 23.8 Å². The molecule has 3 fully saturated rings. The highest BCUT2D eigenvalue weighted by Gasteiger charge is 2.71. The van der Waals surface area contributed by atoms with E-state index in [1.807, 2.05) is 6.08 Å². The molecule has 2 heterocycles. The molecule has 6 rings (SSSR count). The van der Waals surface area contributed by atoms with Crippen molar-refractivity contribution < 1.29 is 4.79 Å². The fourth-order valence-electron chi connectivity index (χ4n) is 6.07. The molecule has 5 N–H and O–H groups in total. The van der Waals surface area contributed by atoms with Gasteiger partial charge < -0.3 is 26.1 Å². The zero-order valence-corrected chi connectivity index (χ0v) is 18.4. The van der Waals surface area contributed by atoms with Gasteiger partial charge in [0.1, 0.15) is 0 Å². The molecular formula is C23H29N6OS-. The molecule has 1 aromatic rings. The second-order valence-corrected chi connectivity index (χ2v) is 10.4. The summed E-state index contributed by atoms with van der Waals surface area (Å²) in [6.07, 6.45) is 17.9. The maximum atomic E-state index is 12.0. The number of nitrogens with zero attached hydrogens (tertiary/aromatic N) is 2. The summed E-state index contributed by atoms with van der Waals surface area (Å²) in [6.45, 7) is 0. The summed E-state index contributed by atoms with van der Waals surface area (Å²) in [5.74, 6) is 0.607. The fraction of sp³-hybridized carbons (Fsp3) is 0.565. The molecule has 4 aliphatic carbocycles. The molecule has 4 atom stereocenters. The number of nitrogens with one attached hydrogen (secondary N) is 3. The van der Waals surface area contributed by atoms with Gasteiger partial charge in [0.15, 0.2) is 12.1 Å². The molecule has 0 saturated heterocycles. The summed E-state index contributed by atoms with van der Waals surface area (Å²) in [5.41, 5.74) is 9.22. The molecule has 5 aliphatic rings. The molecule has 164 valence electrons. The van der Waals surface area contributed by atoms with Gasteiger partial charge in [-0.1, -0.05) is 25.0 Å². The van der Waals surface area contributed by atoms with Gasteiger partial charge in [-0.25, -0.2) is 4.99 Å². The van der Waals surface area contributed by atoms with Gasteiger partial charge in [0.2, 0.25) is 5.91 Å². The lowest BCUT2D eigenvalue weighted by Gasteiger charge is -2.34. The highest BCUT2D eigenvalue weighted by atomic mass is 32.1. The van der Waals surface area contributed by atoms with Crippen LogP contribution >= 0.6 is 11.5 Å². The van der Waals surface area contributed by atoms with Gasteiger partial charge in [-0.3, -0.25) is 16.3 Å². The maximum absolute atomic E-state index is 12.0. The average molecular weight is 438 g/mol. The summed E-state index contributed by atoms with van der Waals surface area (Å²) < 4.78 is 4.33. The molecule has 0 radical (unpaired) electrons. The monoisotopic (exact) mass is 437 g/mol. The second kappa shape index (κ2) is 7.02. The van der Waals surface area contributed by atoms with Crippen LogP contribution in [-0.2, 0) is 4.79 Å². The number of primary amides is 1. The Morgan fingerprint density at radius 1 is 1.26 bits per heavy atom. The topological polar surface area (TPSA) is 106 Å². The first kappa shape index (κ1) is 19.2. The maximum Gasteiger partial charge on any atom is 0.250 e. The molecule has 31 heavy (non-hydrogen) atoms. The largest absolute Gasteiger partial charge is 0.614 e. The number of fused-ring (bicyclic) bond motifs is 1. The van der Waals surface area contributed by atoms with Crippen LogP contribution in [0.2, 0.25) is 0 Å². The molecule has 2 spiro atoms. The van der Waals surface area contributed by atoms with Gasteiger partial charge in [-0.2, -0.15) is 0 Å². The number of guanidine groups is 1. The standard InChI is InChI=1S/C23H29N6OS/c24-19(30)16-12-25-21(27-18-11-23(18)8-2-1-7-22(23)9-10-22)28-20(16)26-15-5-3-14(4-6-15)17-13-31-29-17/h3,5-6,12-14,18,20,26H,1-2,4,7-11H2,(H4,24,25,27,28,30)/q-1. The van der Waals surface area contributed by atoms with Gasteiger partial charge >= 0.3 is 0 Å². The first-order valence-corrected chi connectivity index (χ1v) is 12.2. The van der Waals surface area contributed by atoms with Crippen LogP contribution in [0, 0.1) is 10.8 Å². The van der Waals surface area contributed by atoms with E-state index in [4.69, 9.17) is 10.7 Å². The Balaban J connectivity index is 1.14. The smallest absolute Gasteiger partial charge is 0.250 e. The van der Waals surface area contributed by atoms with Gasteiger partial charge in [0.25, 0.3) is 0 Å². The third kappa shape index (κ3) is 3.23. The van der Waals surface area contributed by atoms with Crippen LogP contribution in [0.3, 0.4) is 0 Å². The normalized spacial score (nSPS) is 35.1. The quantitative estimate of drug-likeness (QED) is 0.567. The number of carbonyl (C=O) groups excluding carboxylic acids is 1. The van der Waals surface area contributed by atoms with E-state index >= 15 is 0 Å². The van der Waals surface area contributed by atoms with E-state index < -0.39 is 12.1 Å². The van der Waals surface area contributed by atoms with E-state index in [0.29, 0.717) is 28.4 Å². The predicted molar refractivity (Wildman–Crippen MR) is 121 cm³/mol. The van der Waals surface area contributed by atoms with Crippen LogP contribution in [0.15, 0.2) is 46.1 Å². The molecule has 4 unspecified atom stereocenters. The average Bonchev–Trinajstić information content (AvgIpc) is 3.62. The van der Waals surface area contributed by atoms with Crippen molar-refractivity contribution >= 4 is 23.4 Å². The van der Waals surface area contributed by atoms with E-state index in [1.54, 1.807) is 6.20 Å². The summed E-state index contributed by atoms with van der Waals surface area (Å²) >= 11 is 1.50. The molecule has 1 aliphatic heterocycles. The Hall–Kier alpha value is -2.48. The van der Waals surface area contributed by atoms with Crippen molar-refractivity contribution in [3.8, 4) is 0 Å². The van der Waals surface area contributed by atoms with Crippen molar-refractivity contribution in [1.29, 1.82) is 0 Å². The SMILES string of the molecule is NC(=O)C1=CNC(NC2CC23CCCCC32CC2)=NC1NC1=CCC(c2cs[n-]2)C=C1. The van der Waals surface area contributed by atoms with Crippen LogP contribution in [-0.4, -0.2) is 24.1 Å². The van der Waals surface area contributed by atoms with Crippen molar-refractivity contribution in [2.24, 2.45) is 21.6 Å². The van der Waals surface area contributed by atoms with Crippen LogP contribution in [0.25, 0.3) is 0 Å². The van der Waals surface area contributed by atoms with Crippen LogP contribution in [0.4, 0.5) is 0 Å². The minimum absolute atomic E-state index is 0.336. The molecular weight excluding hydrogens is 408 g/mol. The Morgan fingerprint density at radius 2 is 2.10 bits per heavy atom. The van der Waals surface area contributed by atoms with E-state index in [1.165, 1.54) is 56.5 Å². The first-order chi connectivity index (χ1) is 15.1. The lowest BCUT2D eigenvalue weighted by Crippen LogP contribution is -2.47. The lowest BCUT2D eigenvalue weighted by atomic mass is 9.73. The summed E-state index contributed by atoms with van der Waals surface area (Å²) in [7, 11) is 0. The number of hydrogen-bond acceptors (Lipinski definition) is 6. The minimum Gasteiger partial charge on any atom is -0.614 e. The molecule has 1 amide bonds. The van der Waals surface area contributed by atoms with Gasteiger partial charge in [-0.15, -0.1) is 5.69 Å². The van der Waals surface area contributed by atoms with E-state index in [-0.39, 0.29) is 0 Å². The zero-order valence-electron chi connectivity index (χ0n) is 17.6. The highest BCUT2D eigenvalue weighted by molar-refractivity contribution is 7.04. The predicted octanol–water partition coefficient (Wildman–Crippen LogP) is 2.58. The van der Waals surface area contributed by atoms with Crippen LogP contribution in [0.1, 0.15) is 63.0 Å². The summed E-state index contributed by atoms with van der Waals surface area (Å²) in [4.78, 5) is 16.8. The Labute approximate surface area is 186 Å². The Bertz CT molecular complexity index is 1000. The van der Waals surface area contributed by atoms with Crippen molar-refractivity contribution in [2.45, 2.75) is 69.5 Å². The van der Waals surface area contributed by atoms with Crippen molar-refractivity contribution in [3.63, 3.8) is 0 Å². The Morgan fingerprint density at radius 3 is 2.77 bits per heavy atom. The van der Waals surface area contributed by atoms with Crippen molar-refractivity contribution in [3.05, 3.63) is 46.8 Å². The fourth-order valence-corrected chi connectivity index (χ4v) is 6.61. The third-order valence-corrected chi connectivity index (χ3v) is 8.80. The Kier molecular flexibility index (Phi) is 4.35. The number of aliphatic imine (C=N–C) groups is 1. The number of allylic oxidation sites excluding steroid dienone is 3. The van der Waals surface area contributed by atoms with Crippen molar-refractivity contribution in [1.82, 2.24) is 20.3 Å². The molecule has 0 aromatic carbocycles. The van der Waals surface area contributed by atoms with Gasteiger partial charge in [0.05, 0.1) is 5.57 Å². The lowest BCUT2D eigenvalue weighted by molar-refractivity contribution is -0.114. The molecule has 7 nitrogen and oxygen atoms in total. The molecule has 1 aromatic heterocycles. The van der Waals surface area contributed by atoms with Crippen LogP contribution < -0.4 is 26.1 Å². The second-order valence-electron chi connectivity index (χ2n) is 9.78. The summed E-state index contributed by atoms with van der Waals surface area (Å²) in [5, 5.41) is 12.3. The van der Waals surface area contributed by atoms with Crippen LogP contribution in [0.5, 0.6) is 0 Å². The number of nitrogens with two attached hydrogens (primary N) is 1. The number of carbonyl (C=O) groups is 1. The van der Waals surface area contributed by atoms with E-state index in [9.17, 15) is 4.79 Å². The molecule has 8 heteroatoms. The number of aromatic nitrogens is 1. The zero-order chi connectivity index (χ0) is 21.1. The number of hydrogen-bond donors (Lipinski definition) is 4.